The smallest absolute Gasteiger partial charge is 0.270 e. The van der Waals surface area contributed by atoms with Gasteiger partial charge in [-0.2, -0.15) is 0 Å². The number of hydrogen-bond donors (Lipinski definition) is 3. The molecular formula is C37H36FN9O6. The zero-order chi connectivity index (χ0) is 37.0. The summed E-state index contributed by atoms with van der Waals surface area (Å²) in [7, 11) is 0. The molecule has 0 saturated carbocycles. The Morgan fingerprint density at radius 1 is 0.925 bits per heavy atom. The van der Waals surface area contributed by atoms with Crippen molar-refractivity contribution in [2.45, 2.75) is 44.8 Å². The van der Waals surface area contributed by atoms with Crippen LogP contribution < -0.4 is 26.0 Å². The lowest BCUT2D eigenvalue weighted by Gasteiger charge is -2.41. The van der Waals surface area contributed by atoms with Gasteiger partial charge in [-0.3, -0.25) is 48.9 Å². The fourth-order valence-electron chi connectivity index (χ4n) is 7.39. The van der Waals surface area contributed by atoms with Gasteiger partial charge in [0.15, 0.2) is 0 Å². The minimum absolute atomic E-state index is 0.00504. The van der Waals surface area contributed by atoms with Gasteiger partial charge in [-0.1, -0.05) is 6.92 Å². The summed E-state index contributed by atoms with van der Waals surface area (Å²) in [6.45, 7) is 6.39. The molecule has 0 spiro atoms. The Labute approximate surface area is 302 Å². The molecule has 3 saturated heterocycles. The van der Waals surface area contributed by atoms with E-state index in [1.54, 1.807) is 17.2 Å². The normalized spacial score (nSPS) is 19.4. The highest BCUT2D eigenvalue weighted by Gasteiger charge is 2.45. The van der Waals surface area contributed by atoms with E-state index in [0.717, 1.165) is 65.0 Å². The first kappa shape index (κ1) is 34.1. The van der Waals surface area contributed by atoms with Gasteiger partial charge in [-0.05, 0) is 54.8 Å². The molecule has 4 aliphatic rings. The number of aromatic amines is 1. The summed E-state index contributed by atoms with van der Waals surface area (Å²) < 4.78 is 15.2. The maximum atomic E-state index is 15.2. The summed E-state index contributed by atoms with van der Waals surface area (Å²) in [5, 5.41) is 5.06. The highest BCUT2D eigenvalue weighted by Crippen LogP contribution is 2.34. The Bertz CT molecular complexity index is 2250. The standard InChI is InChI=1S/C37H36FN9O6/c1-2-21-12-28-29(42-33(21)49)11-20(15-39-28)17-44-7-9-45(10-8-44)23-3-4-27(40-16-23)34(50)41-22-18-46(19-22)31-14-25-24(13-26(31)38)36(52)47(37(25)53)30-5-6-32(48)43-35(30)51/h3-4,11-16,22,30H,2,5-10,17-19H2,1H3,(H,41,50)(H,42,49)(H,43,48,51)/t30-/m0/s1. The number of piperazine rings is 1. The molecule has 0 aliphatic carbocycles. The van der Waals surface area contributed by atoms with Gasteiger partial charge in [0, 0.05) is 64.0 Å². The van der Waals surface area contributed by atoms with Gasteiger partial charge in [0.05, 0.1) is 45.8 Å². The monoisotopic (exact) mass is 721 g/mol. The summed E-state index contributed by atoms with van der Waals surface area (Å²) in [5.41, 5.74) is 4.30. The van der Waals surface area contributed by atoms with Crippen molar-refractivity contribution >= 4 is 51.9 Å². The first-order valence-corrected chi connectivity index (χ1v) is 17.6. The van der Waals surface area contributed by atoms with Crippen LogP contribution in [0.1, 0.15) is 62.1 Å². The van der Waals surface area contributed by atoms with Crippen LogP contribution in [-0.2, 0) is 22.6 Å². The van der Waals surface area contributed by atoms with E-state index in [0.29, 0.717) is 13.0 Å². The van der Waals surface area contributed by atoms with E-state index < -0.39 is 35.5 Å². The third-order valence-electron chi connectivity index (χ3n) is 10.4. The fourth-order valence-corrected chi connectivity index (χ4v) is 7.39. The van der Waals surface area contributed by atoms with Gasteiger partial charge < -0.3 is 20.1 Å². The molecule has 272 valence electrons. The number of carbonyl (C=O) groups excluding carboxylic acids is 5. The summed E-state index contributed by atoms with van der Waals surface area (Å²) in [6.07, 6.45) is 4.19. The van der Waals surface area contributed by atoms with Gasteiger partial charge in [-0.25, -0.2) is 9.37 Å². The Hall–Kier alpha value is -6.03. The zero-order valence-electron chi connectivity index (χ0n) is 28.9. The van der Waals surface area contributed by atoms with Gasteiger partial charge in [0.1, 0.15) is 17.6 Å². The lowest BCUT2D eigenvalue weighted by Crippen LogP contribution is -2.59. The number of anilines is 2. The molecule has 1 aromatic carbocycles. The SMILES string of the molecule is CCc1cc2ncc(CN3CCN(c4ccc(C(=O)NC5CN(c6cc7c(cc6F)C(=O)N([C@H]6CCC(=O)NC6=O)C7=O)C5)nc4)CC3)cc2[nH]c1=O. The van der Waals surface area contributed by atoms with Gasteiger partial charge >= 0.3 is 0 Å². The maximum Gasteiger partial charge on any atom is 0.270 e. The second kappa shape index (κ2) is 13.5. The molecule has 0 radical (unpaired) electrons. The quantitative estimate of drug-likeness (QED) is 0.224. The van der Waals surface area contributed by atoms with Crippen LogP contribution in [0.25, 0.3) is 11.0 Å². The number of amides is 5. The Morgan fingerprint density at radius 3 is 2.38 bits per heavy atom. The fraction of sp³-hybridized carbons (Fsp3) is 0.351. The summed E-state index contributed by atoms with van der Waals surface area (Å²) in [5.74, 6) is -3.78. The van der Waals surface area contributed by atoms with Crippen molar-refractivity contribution in [3.8, 4) is 0 Å². The lowest BCUT2D eigenvalue weighted by atomic mass is 10.0. The first-order chi connectivity index (χ1) is 25.6. The van der Waals surface area contributed by atoms with Crippen molar-refractivity contribution < 1.29 is 28.4 Å². The van der Waals surface area contributed by atoms with Gasteiger partial charge in [0.25, 0.3) is 23.3 Å². The number of hydrogen-bond acceptors (Lipinski definition) is 11. The van der Waals surface area contributed by atoms with Crippen molar-refractivity contribution in [2.75, 3.05) is 49.1 Å². The number of nitrogens with zero attached hydrogens (tertiary/aromatic N) is 6. The molecule has 0 unspecified atom stereocenters. The lowest BCUT2D eigenvalue weighted by molar-refractivity contribution is -0.136. The number of aromatic nitrogens is 3. The Morgan fingerprint density at radius 2 is 1.68 bits per heavy atom. The van der Waals surface area contributed by atoms with Crippen LogP contribution in [0.5, 0.6) is 0 Å². The van der Waals surface area contributed by atoms with Crippen molar-refractivity contribution in [2.24, 2.45) is 0 Å². The zero-order valence-corrected chi connectivity index (χ0v) is 28.9. The van der Waals surface area contributed by atoms with E-state index >= 15 is 4.39 Å². The van der Waals surface area contributed by atoms with Crippen LogP contribution in [0.4, 0.5) is 15.8 Å². The van der Waals surface area contributed by atoms with Crippen LogP contribution in [-0.4, -0.2) is 106 Å². The first-order valence-electron chi connectivity index (χ1n) is 17.6. The molecule has 3 N–H and O–H groups in total. The number of piperidine rings is 1. The summed E-state index contributed by atoms with van der Waals surface area (Å²) in [4.78, 5) is 94.2. The largest absolute Gasteiger partial charge is 0.368 e. The van der Waals surface area contributed by atoms with Crippen LogP contribution >= 0.6 is 0 Å². The van der Waals surface area contributed by atoms with E-state index in [9.17, 15) is 28.8 Å². The molecule has 3 aromatic heterocycles. The average Bonchev–Trinajstić information content (AvgIpc) is 3.37. The summed E-state index contributed by atoms with van der Waals surface area (Å²) >= 11 is 0. The number of benzene rings is 1. The van der Waals surface area contributed by atoms with E-state index in [2.05, 4.69) is 35.4 Å². The molecule has 1 atom stereocenters. The second-order valence-corrected chi connectivity index (χ2v) is 13.8. The molecule has 4 aromatic rings. The van der Waals surface area contributed by atoms with Crippen LogP contribution in [0.2, 0.25) is 0 Å². The van der Waals surface area contributed by atoms with Crippen LogP contribution in [0.15, 0.2) is 53.6 Å². The van der Waals surface area contributed by atoms with Crippen molar-refractivity contribution in [1.29, 1.82) is 0 Å². The number of nitrogens with one attached hydrogen (secondary N) is 3. The van der Waals surface area contributed by atoms with Crippen LogP contribution in [0, 0.1) is 5.82 Å². The number of H-pyrrole nitrogens is 1. The second-order valence-electron chi connectivity index (χ2n) is 13.8. The van der Waals surface area contributed by atoms with E-state index in [-0.39, 0.29) is 65.9 Å². The summed E-state index contributed by atoms with van der Waals surface area (Å²) in [6, 6.07) is 8.25. The number of aryl methyl sites for hydroxylation is 1. The van der Waals surface area contributed by atoms with E-state index in [1.165, 1.54) is 6.07 Å². The van der Waals surface area contributed by atoms with Crippen molar-refractivity contribution in [3.63, 3.8) is 0 Å². The molecule has 4 aliphatic heterocycles. The molecule has 8 rings (SSSR count). The molecule has 7 heterocycles. The maximum absolute atomic E-state index is 15.2. The topological polar surface area (TPSA) is 181 Å². The Kier molecular flexibility index (Phi) is 8.68. The highest BCUT2D eigenvalue weighted by atomic mass is 19.1. The minimum Gasteiger partial charge on any atom is -0.368 e. The Balaban J connectivity index is 0.827. The number of imide groups is 2. The average molecular weight is 722 g/mol. The predicted octanol–water partition coefficient (Wildman–Crippen LogP) is 1.36. The molecular weight excluding hydrogens is 685 g/mol. The number of pyridine rings is 3. The molecule has 53 heavy (non-hydrogen) atoms. The number of carbonyl (C=O) groups is 5. The van der Waals surface area contributed by atoms with E-state index in [1.807, 2.05) is 31.3 Å². The minimum atomic E-state index is -1.14. The van der Waals surface area contributed by atoms with Crippen LogP contribution in [0.3, 0.4) is 0 Å². The van der Waals surface area contributed by atoms with Gasteiger partial charge in [-0.15, -0.1) is 0 Å². The third kappa shape index (κ3) is 6.39. The predicted molar refractivity (Wildman–Crippen MR) is 190 cm³/mol. The number of rotatable bonds is 8. The molecule has 15 nitrogen and oxygen atoms in total. The van der Waals surface area contributed by atoms with Gasteiger partial charge in [0.2, 0.25) is 11.8 Å². The third-order valence-corrected chi connectivity index (χ3v) is 10.4. The molecule has 5 amide bonds. The van der Waals surface area contributed by atoms with Crippen molar-refractivity contribution in [3.05, 3.63) is 92.9 Å². The number of halogens is 1. The molecule has 0 bridgehead atoms. The molecule has 3 fully saturated rings. The highest BCUT2D eigenvalue weighted by molar-refractivity contribution is 6.23. The van der Waals surface area contributed by atoms with Crippen molar-refractivity contribution in [1.82, 2.24) is 35.4 Å². The number of fused-ring (bicyclic) bond motifs is 2. The molecule has 16 heteroatoms. The van der Waals surface area contributed by atoms with E-state index in [4.69, 9.17) is 0 Å².